The van der Waals surface area contributed by atoms with Crippen LogP contribution in [0.3, 0.4) is 0 Å². The number of carbonyl (C=O) groups excluding carboxylic acids is 1. The lowest BCUT2D eigenvalue weighted by atomic mass is 10.1. The van der Waals surface area contributed by atoms with Crippen LogP contribution >= 0.6 is 27.3 Å². The highest BCUT2D eigenvalue weighted by molar-refractivity contribution is 9.10. The Morgan fingerprint density at radius 2 is 1.92 bits per heavy atom. The van der Waals surface area contributed by atoms with Gasteiger partial charge in [0.25, 0.3) is 5.91 Å². The number of aromatic nitrogens is 1. The van der Waals surface area contributed by atoms with Gasteiger partial charge in [-0.2, -0.15) is 0 Å². The molecule has 1 amide bonds. The van der Waals surface area contributed by atoms with Crippen LogP contribution in [-0.2, 0) is 6.42 Å². The number of carbonyl (C=O) groups is 1. The van der Waals surface area contributed by atoms with Crippen molar-refractivity contribution in [1.82, 2.24) is 4.98 Å². The van der Waals surface area contributed by atoms with Crippen LogP contribution in [0, 0.1) is 0 Å². The Bertz CT molecular complexity index is 909. The van der Waals surface area contributed by atoms with Crippen LogP contribution in [0.4, 0.5) is 5.13 Å². The summed E-state index contributed by atoms with van der Waals surface area (Å²) in [6, 6.07) is 13.2. The molecule has 0 aliphatic rings. The first-order chi connectivity index (χ1) is 12.6. The van der Waals surface area contributed by atoms with Gasteiger partial charge in [0.2, 0.25) is 0 Å². The summed E-state index contributed by atoms with van der Waals surface area (Å²) in [5, 5.41) is 3.38. The Kier molecular flexibility index (Phi) is 5.90. The van der Waals surface area contributed by atoms with Crippen molar-refractivity contribution in [3.8, 4) is 11.5 Å². The topological polar surface area (TPSA) is 60.5 Å². The average molecular weight is 433 g/mol. The lowest BCUT2D eigenvalue weighted by molar-refractivity contribution is 0.102. The first kappa shape index (κ1) is 18.4. The maximum Gasteiger partial charge on any atom is 0.261 e. The Balaban J connectivity index is 1.70. The molecule has 3 aromatic rings. The second kappa shape index (κ2) is 8.33. The molecule has 2 aromatic carbocycles. The van der Waals surface area contributed by atoms with Crippen molar-refractivity contribution in [3.05, 3.63) is 69.1 Å². The van der Waals surface area contributed by atoms with Crippen LogP contribution in [0.1, 0.15) is 20.8 Å². The monoisotopic (exact) mass is 432 g/mol. The van der Waals surface area contributed by atoms with Crippen LogP contribution < -0.4 is 14.8 Å². The zero-order chi connectivity index (χ0) is 18.5. The van der Waals surface area contributed by atoms with E-state index in [-0.39, 0.29) is 5.91 Å². The number of rotatable bonds is 6. The van der Waals surface area contributed by atoms with Gasteiger partial charge in [-0.3, -0.25) is 10.1 Å². The molecule has 0 spiro atoms. The van der Waals surface area contributed by atoms with E-state index in [4.69, 9.17) is 9.47 Å². The number of halogens is 1. The molecule has 3 rings (SSSR count). The summed E-state index contributed by atoms with van der Waals surface area (Å²) in [5.74, 6) is 0.812. The fraction of sp³-hybridized carbons (Fsp3) is 0.158. The van der Waals surface area contributed by atoms with Gasteiger partial charge in [-0.1, -0.05) is 28.1 Å². The predicted octanol–water partition coefficient (Wildman–Crippen LogP) is 4.77. The fourth-order valence-corrected chi connectivity index (χ4v) is 3.51. The molecule has 0 bridgehead atoms. The number of nitrogens with zero attached hydrogens (tertiary/aromatic N) is 1. The zero-order valence-electron chi connectivity index (χ0n) is 14.3. The molecule has 0 unspecified atom stereocenters. The van der Waals surface area contributed by atoms with Crippen molar-refractivity contribution in [3.63, 3.8) is 0 Å². The van der Waals surface area contributed by atoms with E-state index >= 15 is 0 Å². The Labute approximate surface area is 164 Å². The summed E-state index contributed by atoms with van der Waals surface area (Å²) < 4.78 is 11.5. The Hall–Kier alpha value is -2.38. The molecule has 1 N–H and O–H groups in total. The Morgan fingerprint density at radius 1 is 1.15 bits per heavy atom. The molecular weight excluding hydrogens is 416 g/mol. The van der Waals surface area contributed by atoms with E-state index in [0.29, 0.717) is 22.2 Å². The van der Waals surface area contributed by atoms with E-state index in [2.05, 4.69) is 38.4 Å². The van der Waals surface area contributed by atoms with Crippen molar-refractivity contribution < 1.29 is 14.3 Å². The number of thiazole rings is 1. The normalized spacial score (nSPS) is 10.4. The molecule has 1 heterocycles. The number of nitrogens with one attached hydrogen (secondary N) is 1. The molecule has 0 aliphatic heterocycles. The van der Waals surface area contributed by atoms with Gasteiger partial charge in [-0.15, -0.1) is 11.3 Å². The number of ether oxygens (including phenoxy) is 2. The summed E-state index contributed by atoms with van der Waals surface area (Å²) in [6.07, 6.45) is 2.56. The molecular formula is C19H17BrN2O3S. The lowest BCUT2D eigenvalue weighted by Crippen LogP contribution is -2.13. The molecule has 0 atom stereocenters. The number of anilines is 1. The van der Waals surface area contributed by atoms with E-state index in [9.17, 15) is 4.79 Å². The largest absolute Gasteiger partial charge is 0.497 e. The van der Waals surface area contributed by atoms with E-state index in [1.807, 2.05) is 12.1 Å². The van der Waals surface area contributed by atoms with Crippen LogP contribution in [0.15, 0.2) is 53.1 Å². The molecule has 0 radical (unpaired) electrons. The van der Waals surface area contributed by atoms with Crippen molar-refractivity contribution in [2.45, 2.75) is 6.42 Å². The molecule has 0 fully saturated rings. The van der Waals surface area contributed by atoms with Gasteiger partial charge in [0, 0.05) is 28.0 Å². The van der Waals surface area contributed by atoms with Crippen LogP contribution in [-0.4, -0.2) is 25.1 Å². The van der Waals surface area contributed by atoms with Gasteiger partial charge < -0.3 is 9.47 Å². The van der Waals surface area contributed by atoms with Gasteiger partial charge in [0.15, 0.2) is 5.13 Å². The van der Waals surface area contributed by atoms with E-state index in [1.165, 1.54) is 24.0 Å². The second-order valence-electron chi connectivity index (χ2n) is 5.46. The number of hydrogen-bond acceptors (Lipinski definition) is 5. The SMILES string of the molecule is COc1ccc(C(=O)Nc2ncc(Cc3ccc(Br)cc3)s2)c(OC)c1. The molecule has 0 saturated heterocycles. The molecule has 7 heteroatoms. The standard InChI is InChI=1S/C19H17BrN2O3S/c1-24-14-7-8-16(17(10-14)25-2)18(23)22-19-21-11-15(26-19)9-12-3-5-13(20)6-4-12/h3-8,10-11H,9H2,1-2H3,(H,21,22,23). The number of methoxy groups -OCH3 is 2. The first-order valence-electron chi connectivity index (χ1n) is 7.81. The number of amides is 1. The van der Waals surface area contributed by atoms with E-state index < -0.39 is 0 Å². The zero-order valence-corrected chi connectivity index (χ0v) is 16.7. The predicted molar refractivity (Wildman–Crippen MR) is 107 cm³/mol. The highest BCUT2D eigenvalue weighted by Gasteiger charge is 2.15. The average Bonchev–Trinajstić information content (AvgIpc) is 3.09. The lowest BCUT2D eigenvalue weighted by Gasteiger charge is -2.09. The van der Waals surface area contributed by atoms with Gasteiger partial charge in [-0.25, -0.2) is 4.98 Å². The third kappa shape index (κ3) is 4.42. The first-order valence-corrected chi connectivity index (χ1v) is 9.42. The minimum Gasteiger partial charge on any atom is -0.497 e. The fourth-order valence-electron chi connectivity index (χ4n) is 2.40. The smallest absolute Gasteiger partial charge is 0.261 e. The minimum absolute atomic E-state index is 0.269. The van der Waals surface area contributed by atoms with Crippen molar-refractivity contribution in [2.75, 3.05) is 19.5 Å². The molecule has 0 saturated carbocycles. The summed E-state index contributed by atoms with van der Waals surface area (Å²) in [5.41, 5.74) is 1.62. The second-order valence-corrected chi connectivity index (χ2v) is 7.49. The minimum atomic E-state index is -0.269. The van der Waals surface area contributed by atoms with Crippen LogP contribution in [0.2, 0.25) is 0 Å². The van der Waals surface area contributed by atoms with Crippen molar-refractivity contribution >= 4 is 38.3 Å². The third-order valence-corrected chi connectivity index (χ3v) is 5.16. The van der Waals surface area contributed by atoms with E-state index in [0.717, 1.165) is 15.8 Å². The molecule has 26 heavy (non-hydrogen) atoms. The summed E-state index contributed by atoms with van der Waals surface area (Å²) >= 11 is 4.89. The quantitative estimate of drug-likeness (QED) is 0.609. The highest BCUT2D eigenvalue weighted by Crippen LogP contribution is 2.27. The van der Waals surface area contributed by atoms with Crippen molar-refractivity contribution in [2.24, 2.45) is 0 Å². The molecule has 1 aromatic heterocycles. The van der Waals surface area contributed by atoms with Crippen LogP contribution in [0.5, 0.6) is 11.5 Å². The highest BCUT2D eigenvalue weighted by atomic mass is 79.9. The van der Waals surface area contributed by atoms with Gasteiger partial charge >= 0.3 is 0 Å². The van der Waals surface area contributed by atoms with Gasteiger partial charge in [0.05, 0.1) is 19.8 Å². The van der Waals surface area contributed by atoms with Gasteiger partial charge in [-0.05, 0) is 29.8 Å². The molecule has 134 valence electrons. The number of hydrogen-bond donors (Lipinski definition) is 1. The maximum atomic E-state index is 12.5. The maximum absolute atomic E-state index is 12.5. The van der Waals surface area contributed by atoms with Crippen molar-refractivity contribution in [1.29, 1.82) is 0 Å². The summed E-state index contributed by atoms with van der Waals surface area (Å²) in [6.45, 7) is 0. The summed E-state index contributed by atoms with van der Waals surface area (Å²) in [7, 11) is 3.09. The Morgan fingerprint density at radius 3 is 2.62 bits per heavy atom. The summed E-state index contributed by atoms with van der Waals surface area (Å²) in [4.78, 5) is 17.9. The van der Waals surface area contributed by atoms with Gasteiger partial charge in [0.1, 0.15) is 11.5 Å². The number of benzene rings is 2. The molecule has 0 aliphatic carbocycles. The van der Waals surface area contributed by atoms with Crippen LogP contribution in [0.25, 0.3) is 0 Å². The van der Waals surface area contributed by atoms with E-state index in [1.54, 1.807) is 31.5 Å². The molecule has 5 nitrogen and oxygen atoms in total. The third-order valence-electron chi connectivity index (χ3n) is 3.72.